The van der Waals surface area contributed by atoms with Gasteiger partial charge in [0.15, 0.2) is 0 Å². The van der Waals surface area contributed by atoms with Crippen molar-refractivity contribution in [1.82, 2.24) is 4.90 Å². The van der Waals surface area contributed by atoms with Crippen LogP contribution in [-0.4, -0.2) is 44.1 Å². The fourth-order valence-electron chi connectivity index (χ4n) is 4.15. The molecule has 0 aromatic heterocycles. The second kappa shape index (κ2) is 10.2. The van der Waals surface area contributed by atoms with Gasteiger partial charge in [0.2, 0.25) is 0 Å². The molecule has 1 aliphatic heterocycles. The number of halogens is 1. The SMILES string of the molecule is COc1ccc(C(=O)N2CCN(c3cccc(C)c3C)CC2)cc1COc1cccc(Cl)c1. The minimum Gasteiger partial charge on any atom is -0.496 e. The summed E-state index contributed by atoms with van der Waals surface area (Å²) in [5.41, 5.74) is 5.30. The molecule has 0 bridgehead atoms. The van der Waals surface area contributed by atoms with Gasteiger partial charge in [-0.1, -0.05) is 29.8 Å². The number of carbonyl (C=O) groups excluding carboxylic acids is 1. The molecule has 0 saturated carbocycles. The fourth-order valence-corrected chi connectivity index (χ4v) is 4.33. The van der Waals surface area contributed by atoms with Gasteiger partial charge in [-0.05, 0) is 67.4 Å². The highest BCUT2D eigenvalue weighted by Gasteiger charge is 2.24. The van der Waals surface area contributed by atoms with Gasteiger partial charge in [0, 0.05) is 48.0 Å². The number of aryl methyl sites for hydroxylation is 1. The smallest absolute Gasteiger partial charge is 0.253 e. The third-order valence-corrected chi connectivity index (χ3v) is 6.44. The van der Waals surface area contributed by atoms with Crippen LogP contribution in [0, 0.1) is 13.8 Å². The number of hydrogen-bond donors (Lipinski definition) is 0. The molecule has 3 aromatic carbocycles. The summed E-state index contributed by atoms with van der Waals surface area (Å²) in [7, 11) is 1.62. The van der Waals surface area contributed by atoms with E-state index in [2.05, 4.69) is 36.9 Å². The highest BCUT2D eigenvalue weighted by molar-refractivity contribution is 6.30. The first-order chi connectivity index (χ1) is 16.0. The van der Waals surface area contributed by atoms with E-state index in [9.17, 15) is 4.79 Å². The molecule has 4 rings (SSSR count). The molecule has 1 heterocycles. The maximum atomic E-state index is 13.2. The Morgan fingerprint density at radius 2 is 1.73 bits per heavy atom. The molecule has 33 heavy (non-hydrogen) atoms. The average molecular weight is 465 g/mol. The fraction of sp³-hybridized carbons (Fsp3) is 0.296. The van der Waals surface area contributed by atoms with Crippen LogP contribution in [0.2, 0.25) is 5.02 Å². The number of rotatable bonds is 6. The Balaban J connectivity index is 1.44. The highest BCUT2D eigenvalue weighted by atomic mass is 35.5. The lowest BCUT2D eigenvalue weighted by molar-refractivity contribution is 0.0746. The monoisotopic (exact) mass is 464 g/mol. The lowest BCUT2D eigenvalue weighted by Gasteiger charge is -2.37. The zero-order valence-corrected chi connectivity index (χ0v) is 20.1. The minimum atomic E-state index is 0.0299. The number of hydrogen-bond acceptors (Lipinski definition) is 4. The minimum absolute atomic E-state index is 0.0299. The first-order valence-corrected chi connectivity index (χ1v) is 11.5. The summed E-state index contributed by atoms with van der Waals surface area (Å²) in [5, 5.41) is 0.614. The standard InChI is InChI=1S/C27H29ClN2O3/c1-19-6-4-9-25(20(19)2)29-12-14-30(15-13-29)27(31)21-10-11-26(32-3)22(16-21)18-33-24-8-5-7-23(28)17-24/h4-11,16-17H,12-15,18H2,1-3H3. The number of anilines is 1. The van der Waals surface area contributed by atoms with Crippen LogP contribution in [0.25, 0.3) is 0 Å². The summed E-state index contributed by atoms with van der Waals surface area (Å²) in [6, 6.07) is 19.2. The average Bonchev–Trinajstić information content (AvgIpc) is 2.84. The topological polar surface area (TPSA) is 42.0 Å². The Bertz CT molecular complexity index is 1140. The van der Waals surface area contributed by atoms with E-state index >= 15 is 0 Å². The predicted octanol–water partition coefficient (Wildman–Crippen LogP) is 5.51. The zero-order chi connectivity index (χ0) is 23.4. The summed E-state index contributed by atoms with van der Waals surface area (Å²) in [6.07, 6.45) is 0. The van der Waals surface area contributed by atoms with Crippen molar-refractivity contribution < 1.29 is 14.3 Å². The van der Waals surface area contributed by atoms with E-state index in [-0.39, 0.29) is 12.5 Å². The Morgan fingerprint density at radius 3 is 2.45 bits per heavy atom. The quantitative estimate of drug-likeness (QED) is 0.482. The van der Waals surface area contributed by atoms with Crippen LogP contribution in [-0.2, 0) is 6.61 Å². The van der Waals surface area contributed by atoms with Crippen LogP contribution < -0.4 is 14.4 Å². The van der Waals surface area contributed by atoms with Crippen LogP contribution in [0.5, 0.6) is 11.5 Å². The largest absolute Gasteiger partial charge is 0.496 e. The van der Waals surface area contributed by atoms with Crippen molar-refractivity contribution in [2.45, 2.75) is 20.5 Å². The maximum Gasteiger partial charge on any atom is 0.253 e. The Hall–Kier alpha value is -3.18. The van der Waals surface area contributed by atoms with Gasteiger partial charge in [0.1, 0.15) is 18.1 Å². The second-order valence-electron chi connectivity index (χ2n) is 8.27. The number of methoxy groups -OCH3 is 1. The molecule has 1 amide bonds. The molecule has 0 aliphatic carbocycles. The molecule has 172 valence electrons. The van der Waals surface area contributed by atoms with Crippen molar-refractivity contribution in [3.05, 3.63) is 87.9 Å². The van der Waals surface area contributed by atoms with Crippen LogP contribution in [0.3, 0.4) is 0 Å². The summed E-state index contributed by atoms with van der Waals surface area (Å²) in [5.74, 6) is 1.39. The number of piperazine rings is 1. The van der Waals surface area contributed by atoms with Crippen molar-refractivity contribution in [1.29, 1.82) is 0 Å². The first-order valence-electron chi connectivity index (χ1n) is 11.1. The van der Waals surface area contributed by atoms with Gasteiger partial charge in [0.25, 0.3) is 5.91 Å². The zero-order valence-electron chi connectivity index (χ0n) is 19.3. The predicted molar refractivity (Wildman–Crippen MR) is 133 cm³/mol. The van der Waals surface area contributed by atoms with Crippen LogP contribution in [0.15, 0.2) is 60.7 Å². The van der Waals surface area contributed by atoms with Crippen molar-refractivity contribution in [2.24, 2.45) is 0 Å². The van der Waals surface area contributed by atoms with Gasteiger partial charge in [-0.25, -0.2) is 0 Å². The molecule has 0 radical (unpaired) electrons. The summed E-state index contributed by atoms with van der Waals surface area (Å²) >= 11 is 6.05. The van der Waals surface area contributed by atoms with Gasteiger partial charge in [0.05, 0.1) is 7.11 Å². The van der Waals surface area contributed by atoms with Gasteiger partial charge >= 0.3 is 0 Å². The lowest BCUT2D eigenvalue weighted by atomic mass is 10.1. The number of amides is 1. The molecule has 1 aliphatic rings. The van der Waals surface area contributed by atoms with Crippen LogP contribution in [0.4, 0.5) is 5.69 Å². The van der Waals surface area contributed by atoms with Gasteiger partial charge in [-0.2, -0.15) is 0 Å². The number of nitrogens with zero attached hydrogens (tertiary/aromatic N) is 2. The van der Waals surface area contributed by atoms with E-state index in [0.29, 0.717) is 35.2 Å². The molecular weight excluding hydrogens is 436 g/mol. The Morgan fingerprint density at radius 1 is 0.970 bits per heavy atom. The lowest BCUT2D eigenvalue weighted by Crippen LogP contribution is -2.49. The van der Waals surface area contributed by atoms with E-state index in [1.54, 1.807) is 19.2 Å². The molecule has 6 heteroatoms. The van der Waals surface area contributed by atoms with E-state index in [1.807, 2.05) is 35.2 Å². The molecule has 3 aromatic rings. The third kappa shape index (κ3) is 5.25. The van der Waals surface area contributed by atoms with Crippen LogP contribution in [0.1, 0.15) is 27.0 Å². The van der Waals surface area contributed by atoms with Crippen molar-refractivity contribution in [3.63, 3.8) is 0 Å². The van der Waals surface area contributed by atoms with Crippen molar-refractivity contribution in [2.75, 3.05) is 38.2 Å². The first kappa shape index (κ1) is 23.0. The molecule has 5 nitrogen and oxygen atoms in total. The highest BCUT2D eigenvalue weighted by Crippen LogP contribution is 2.26. The normalized spacial score (nSPS) is 13.7. The van der Waals surface area contributed by atoms with E-state index < -0.39 is 0 Å². The van der Waals surface area contributed by atoms with Crippen LogP contribution >= 0.6 is 11.6 Å². The molecule has 0 spiro atoms. The second-order valence-corrected chi connectivity index (χ2v) is 8.71. The Labute approximate surface area is 200 Å². The number of carbonyl (C=O) groups is 1. The van der Waals surface area contributed by atoms with E-state index in [1.165, 1.54) is 16.8 Å². The van der Waals surface area contributed by atoms with Gasteiger partial charge < -0.3 is 19.3 Å². The number of benzene rings is 3. The van der Waals surface area contributed by atoms with Crippen molar-refractivity contribution >= 4 is 23.2 Å². The number of ether oxygens (including phenoxy) is 2. The molecule has 0 N–H and O–H groups in total. The van der Waals surface area contributed by atoms with E-state index in [0.717, 1.165) is 18.7 Å². The van der Waals surface area contributed by atoms with Gasteiger partial charge in [-0.15, -0.1) is 0 Å². The summed E-state index contributed by atoms with van der Waals surface area (Å²) in [6.45, 7) is 7.58. The summed E-state index contributed by atoms with van der Waals surface area (Å²) < 4.78 is 11.4. The molecule has 1 fully saturated rings. The maximum absolute atomic E-state index is 13.2. The van der Waals surface area contributed by atoms with E-state index in [4.69, 9.17) is 21.1 Å². The third-order valence-electron chi connectivity index (χ3n) is 6.20. The molecule has 1 saturated heterocycles. The van der Waals surface area contributed by atoms with Crippen molar-refractivity contribution in [3.8, 4) is 11.5 Å². The molecule has 0 unspecified atom stereocenters. The summed E-state index contributed by atoms with van der Waals surface area (Å²) in [4.78, 5) is 17.5. The molecular formula is C27H29ClN2O3. The molecule has 0 atom stereocenters. The Kier molecular flexibility index (Phi) is 7.09. The van der Waals surface area contributed by atoms with Gasteiger partial charge in [-0.3, -0.25) is 4.79 Å².